The summed E-state index contributed by atoms with van der Waals surface area (Å²) in [4.78, 5) is 31.6. The number of nitrogens with zero attached hydrogens (tertiary/aromatic N) is 1. The van der Waals surface area contributed by atoms with E-state index in [1.165, 1.54) is 27.6 Å². The number of carbonyl (C=O) groups is 2. The van der Waals surface area contributed by atoms with Gasteiger partial charge in [-0.05, 0) is 31.9 Å². The maximum Gasteiger partial charge on any atom is 0.282 e. The Balaban J connectivity index is 1.73. The summed E-state index contributed by atoms with van der Waals surface area (Å²) in [5.74, 6) is -0.680. The second kappa shape index (κ2) is 7.80. The lowest BCUT2D eigenvalue weighted by Gasteiger charge is -2.06. The van der Waals surface area contributed by atoms with Crippen molar-refractivity contribution in [3.8, 4) is 11.3 Å². The van der Waals surface area contributed by atoms with Crippen molar-refractivity contribution in [1.82, 2.24) is 15.8 Å². The van der Waals surface area contributed by atoms with Gasteiger partial charge in [-0.25, -0.2) is 4.98 Å². The number of amides is 2. The van der Waals surface area contributed by atoms with Crippen LogP contribution in [0.3, 0.4) is 0 Å². The molecule has 7 heteroatoms. The Kier molecular flexibility index (Phi) is 5.49. The van der Waals surface area contributed by atoms with E-state index in [2.05, 4.69) is 22.8 Å². The molecule has 2 N–H and O–H groups in total. The molecule has 0 saturated carbocycles. The van der Waals surface area contributed by atoms with E-state index in [1.54, 1.807) is 0 Å². The topological polar surface area (TPSA) is 71.1 Å². The first kappa shape index (κ1) is 18.3. The van der Waals surface area contributed by atoms with Crippen molar-refractivity contribution >= 4 is 34.5 Å². The van der Waals surface area contributed by atoms with E-state index in [0.717, 1.165) is 22.6 Å². The lowest BCUT2D eigenvalue weighted by molar-refractivity contribution is 0.0851. The molecule has 3 rings (SSSR count). The zero-order valence-corrected chi connectivity index (χ0v) is 16.4. The Hall–Kier alpha value is -2.51. The van der Waals surface area contributed by atoms with Crippen LogP contribution in [0.15, 0.2) is 36.4 Å². The highest BCUT2D eigenvalue weighted by molar-refractivity contribution is 7.14. The summed E-state index contributed by atoms with van der Waals surface area (Å²) in [6.07, 6.45) is 0.886. The number of thiophene rings is 1. The molecule has 0 saturated heterocycles. The summed E-state index contributed by atoms with van der Waals surface area (Å²) in [5.41, 5.74) is 7.60. The molecular weight excluding hydrogens is 366 g/mol. The van der Waals surface area contributed by atoms with Crippen molar-refractivity contribution in [3.63, 3.8) is 0 Å². The number of carbonyl (C=O) groups excluding carboxylic acids is 2. The number of aryl methyl sites for hydroxylation is 3. The second-order valence-electron chi connectivity index (χ2n) is 5.76. The Labute approximate surface area is 160 Å². The van der Waals surface area contributed by atoms with Gasteiger partial charge in [0.05, 0.1) is 15.6 Å². The van der Waals surface area contributed by atoms with Gasteiger partial charge in [0.15, 0.2) is 0 Å². The van der Waals surface area contributed by atoms with Crippen molar-refractivity contribution in [2.45, 2.75) is 27.2 Å². The van der Waals surface area contributed by atoms with Crippen LogP contribution >= 0.6 is 22.7 Å². The Morgan fingerprint density at radius 2 is 1.73 bits per heavy atom. The predicted octanol–water partition coefficient (Wildman–Crippen LogP) is 4.13. The van der Waals surface area contributed by atoms with Crippen LogP contribution in [0.2, 0.25) is 0 Å². The third-order valence-corrected chi connectivity index (χ3v) is 6.19. The van der Waals surface area contributed by atoms with E-state index in [-0.39, 0.29) is 11.8 Å². The molecule has 0 unspecified atom stereocenters. The van der Waals surface area contributed by atoms with E-state index in [9.17, 15) is 9.59 Å². The van der Waals surface area contributed by atoms with Crippen LogP contribution in [0.5, 0.6) is 0 Å². The van der Waals surface area contributed by atoms with Gasteiger partial charge >= 0.3 is 0 Å². The third-order valence-electron chi connectivity index (χ3n) is 3.84. The van der Waals surface area contributed by atoms with Gasteiger partial charge in [0, 0.05) is 10.4 Å². The third kappa shape index (κ3) is 3.84. The first-order chi connectivity index (χ1) is 12.5. The van der Waals surface area contributed by atoms with Gasteiger partial charge < -0.3 is 0 Å². The maximum absolute atomic E-state index is 12.6. The smallest absolute Gasteiger partial charge is 0.266 e. The van der Waals surface area contributed by atoms with E-state index < -0.39 is 0 Å². The number of aromatic nitrogens is 1. The van der Waals surface area contributed by atoms with Crippen LogP contribution < -0.4 is 10.9 Å². The number of hydrogen-bond acceptors (Lipinski definition) is 5. The van der Waals surface area contributed by atoms with Crippen molar-refractivity contribution in [2.75, 3.05) is 0 Å². The van der Waals surface area contributed by atoms with Gasteiger partial charge in [-0.3, -0.25) is 20.4 Å². The van der Waals surface area contributed by atoms with E-state index in [4.69, 9.17) is 0 Å². The van der Waals surface area contributed by atoms with Crippen molar-refractivity contribution in [3.05, 3.63) is 61.6 Å². The lowest BCUT2D eigenvalue weighted by Crippen LogP contribution is -2.41. The molecule has 0 aliphatic heterocycles. The minimum atomic E-state index is -0.369. The number of hydrazine groups is 1. The minimum absolute atomic E-state index is 0.311. The monoisotopic (exact) mass is 385 g/mol. The normalized spacial score (nSPS) is 10.6. The highest BCUT2D eigenvalue weighted by Crippen LogP contribution is 2.27. The van der Waals surface area contributed by atoms with Gasteiger partial charge in [0.1, 0.15) is 4.88 Å². The van der Waals surface area contributed by atoms with Crippen LogP contribution in [0.1, 0.15) is 41.7 Å². The minimum Gasteiger partial charge on any atom is -0.266 e. The number of benzene rings is 1. The fourth-order valence-corrected chi connectivity index (χ4v) is 4.43. The molecule has 0 spiro atoms. The summed E-state index contributed by atoms with van der Waals surface area (Å²) in [7, 11) is 0. The zero-order chi connectivity index (χ0) is 18.7. The highest BCUT2D eigenvalue weighted by Gasteiger charge is 2.19. The average molecular weight is 386 g/mol. The van der Waals surface area contributed by atoms with Crippen molar-refractivity contribution in [2.24, 2.45) is 0 Å². The largest absolute Gasteiger partial charge is 0.282 e. The summed E-state index contributed by atoms with van der Waals surface area (Å²) >= 11 is 2.75. The number of hydrogen-bond donors (Lipinski definition) is 2. The predicted molar refractivity (Wildman–Crippen MR) is 106 cm³/mol. The summed E-state index contributed by atoms with van der Waals surface area (Å²) in [5, 5.41) is 0.793. The molecule has 0 fully saturated rings. The second-order valence-corrected chi connectivity index (χ2v) is 8.10. The van der Waals surface area contributed by atoms with Crippen LogP contribution in [0.25, 0.3) is 11.3 Å². The maximum atomic E-state index is 12.6. The van der Waals surface area contributed by atoms with Gasteiger partial charge in [-0.1, -0.05) is 37.3 Å². The van der Waals surface area contributed by atoms with Gasteiger partial charge in [-0.2, -0.15) is 0 Å². The SMILES string of the molecule is CCc1sc(C(=O)NNC(=O)c2sc(C)nc2-c2ccccc2)cc1C. The van der Waals surface area contributed by atoms with Gasteiger partial charge in [0.2, 0.25) is 0 Å². The fraction of sp³-hybridized carbons (Fsp3) is 0.211. The fourth-order valence-electron chi connectivity index (χ4n) is 2.59. The molecule has 2 aromatic heterocycles. The molecular formula is C19H19N3O2S2. The zero-order valence-electron chi connectivity index (χ0n) is 14.8. The number of thiazole rings is 1. The van der Waals surface area contributed by atoms with Gasteiger partial charge in [-0.15, -0.1) is 22.7 Å². The molecule has 1 aromatic carbocycles. The number of rotatable bonds is 4. The van der Waals surface area contributed by atoms with Crippen molar-refractivity contribution in [1.29, 1.82) is 0 Å². The molecule has 0 aliphatic rings. The molecule has 0 bridgehead atoms. The average Bonchev–Trinajstić information content (AvgIpc) is 3.22. The molecule has 3 aromatic rings. The molecule has 2 heterocycles. The van der Waals surface area contributed by atoms with Crippen LogP contribution in [-0.4, -0.2) is 16.8 Å². The van der Waals surface area contributed by atoms with Crippen LogP contribution in [0, 0.1) is 13.8 Å². The quantitative estimate of drug-likeness (QED) is 0.664. The Morgan fingerprint density at radius 3 is 2.38 bits per heavy atom. The van der Waals surface area contributed by atoms with Crippen LogP contribution in [0.4, 0.5) is 0 Å². The van der Waals surface area contributed by atoms with Crippen LogP contribution in [-0.2, 0) is 6.42 Å². The summed E-state index contributed by atoms with van der Waals surface area (Å²) in [6, 6.07) is 11.4. The molecule has 26 heavy (non-hydrogen) atoms. The van der Waals surface area contributed by atoms with Crippen molar-refractivity contribution < 1.29 is 9.59 Å². The lowest BCUT2D eigenvalue weighted by atomic mass is 10.1. The Bertz CT molecular complexity index is 945. The first-order valence-corrected chi connectivity index (χ1v) is 9.85. The van der Waals surface area contributed by atoms with E-state index in [0.29, 0.717) is 15.4 Å². The van der Waals surface area contributed by atoms with E-state index >= 15 is 0 Å². The molecule has 2 amide bonds. The number of nitrogens with one attached hydrogen (secondary N) is 2. The highest BCUT2D eigenvalue weighted by atomic mass is 32.1. The first-order valence-electron chi connectivity index (χ1n) is 8.22. The molecule has 0 radical (unpaired) electrons. The standard InChI is InChI=1S/C19H19N3O2S2/c1-4-14-11(2)10-15(26-14)18(23)21-22-19(24)17-16(20-12(3)25-17)13-8-6-5-7-9-13/h5-10H,4H2,1-3H3,(H,21,23)(H,22,24). The molecule has 134 valence electrons. The summed E-state index contributed by atoms with van der Waals surface area (Å²) in [6.45, 7) is 5.89. The molecule has 5 nitrogen and oxygen atoms in total. The molecule has 0 atom stereocenters. The van der Waals surface area contributed by atoms with Gasteiger partial charge in [0.25, 0.3) is 11.8 Å². The summed E-state index contributed by atoms with van der Waals surface area (Å²) < 4.78 is 0. The Morgan fingerprint density at radius 1 is 1.04 bits per heavy atom. The molecule has 0 aliphatic carbocycles. The van der Waals surface area contributed by atoms with E-state index in [1.807, 2.05) is 50.2 Å².